The number of carbonyl (C=O) groups is 1. The second kappa shape index (κ2) is 5.24. The fourth-order valence-electron chi connectivity index (χ4n) is 2.68. The van der Waals surface area contributed by atoms with Gasteiger partial charge in [-0.2, -0.15) is 0 Å². The van der Waals surface area contributed by atoms with E-state index in [-0.39, 0.29) is 11.9 Å². The van der Waals surface area contributed by atoms with Crippen molar-refractivity contribution in [2.24, 2.45) is 5.84 Å². The highest BCUT2D eigenvalue weighted by molar-refractivity contribution is 5.85. The van der Waals surface area contributed by atoms with Crippen LogP contribution in [0.5, 0.6) is 0 Å². The molecule has 1 aromatic heterocycles. The van der Waals surface area contributed by atoms with Crippen LogP contribution < -0.4 is 21.5 Å². The standard InChI is InChI=1S/C13H20N6O/c1-15-13(20)9-3-2-6-19(9)11-7-10(18-14)16-12(17-11)8-4-5-8/h7-9H,2-6,14H2,1H3,(H,15,20)(H,16,17,18). The van der Waals surface area contributed by atoms with E-state index in [9.17, 15) is 4.79 Å². The molecule has 1 amide bonds. The Bertz CT molecular complexity index is 516. The molecule has 1 aliphatic carbocycles. The molecule has 1 saturated carbocycles. The molecule has 1 aliphatic heterocycles. The molecular weight excluding hydrogens is 256 g/mol. The van der Waals surface area contributed by atoms with Crippen LogP contribution in [0, 0.1) is 0 Å². The molecule has 0 spiro atoms. The molecule has 0 radical (unpaired) electrons. The third kappa shape index (κ3) is 2.40. The van der Waals surface area contributed by atoms with Gasteiger partial charge in [0.1, 0.15) is 23.5 Å². The topological polar surface area (TPSA) is 96.2 Å². The van der Waals surface area contributed by atoms with Gasteiger partial charge in [0.15, 0.2) is 0 Å². The van der Waals surface area contributed by atoms with E-state index in [0.29, 0.717) is 11.7 Å². The summed E-state index contributed by atoms with van der Waals surface area (Å²) < 4.78 is 0. The number of anilines is 2. The zero-order chi connectivity index (χ0) is 14.1. The number of nitrogen functional groups attached to an aromatic ring is 1. The van der Waals surface area contributed by atoms with Gasteiger partial charge in [-0.15, -0.1) is 0 Å². The molecule has 108 valence electrons. The maximum atomic E-state index is 11.9. The minimum absolute atomic E-state index is 0.0383. The molecule has 1 atom stereocenters. The SMILES string of the molecule is CNC(=O)C1CCCN1c1cc(NN)nc(C2CC2)n1. The summed E-state index contributed by atoms with van der Waals surface area (Å²) in [5.41, 5.74) is 2.59. The lowest BCUT2D eigenvalue weighted by Crippen LogP contribution is -2.42. The van der Waals surface area contributed by atoms with Gasteiger partial charge in [-0.3, -0.25) is 4.79 Å². The number of aromatic nitrogens is 2. The lowest BCUT2D eigenvalue weighted by Gasteiger charge is -2.25. The maximum Gasteiger partial charge on any atom is 0.242 e. The van der Waals surface area contributed by atoms with Gasteiger partial charge in [0.2, 0.25) is 5.91 Å². The van der Waals surface area contributed by atoms with Crippen LogP contribution in [0.2, 0.25) is 0 Å². The molecule has 2 heterocycles. The molecule has 0 aromatic carbocycles. The smallest absolute Gasteiger partial charge is 0.242 e. The van der Waals surface area contributed by atoms with Crippen LogP contribution in [0.3, 0.4) is 0 Å². The van der Waals surface area contributed by atoms with Gasteiger partial charge in [-0.25, -0.2) is 15.8 Å². The molecule has 1 saturated heterocycles. The lowest BCUT2D eigenvalue weighted by molar-refractivity contribution is -0.121. The van der Waals surface area contributed by atoms with E-state index in [1.54, 1.807) is 7.05 Å². The van der Waals surface area contributed by atoms with Crippen molar-refractivity contribution in [3.05, 3.63) is 11.9 Å². The first-order valence-electron chi connectivity index (χ1n) is 7.06. The third-order valence-electron chi connectivity index (χ3n) is 3.92. The summed E-state index contributed by atoms with van der Waals surface area (Å²) in [6, 6.07) is 1.67. The van der Waals surface area contributed by atoms with Crippen LogP contribution in [0.1, 0.15) is 37.4 Å². The van der Waals surface area contributed by atoms with Crippen molar-refractivity contribution >= 4 is 17.5 Å². The Morgan fingerprint density at radius 3 is 2.85 bits per heavy atom. The largest absolute Gasteiger partial charge is 0.357 e. The molecule has 1 aromatic rings. The Balaban J connectivity index is 1.91. The average molecular weight is 276 g/mol. The second-order valence-electron chi connectivity index (χ2n) is 5.35. The van der Waals surface area contributed by atoms with Crippen LogP contribution in [0.15, 0.2) is 6.07 Å². The monoisotopic (exact) mass is 276 g/mol. The fourth-order valence-corrected chi connectivity index (χ4v) is 2.68. The van der Waals surface area contributed by atoms with Gasteiger partial charge in [0, 0.05) is 25.6 Å². The molecule has 1 unspecified atom stereocenters. The van der Waals surface area contributed by atoms with Crippen molar-refractivity contribution in [2.45, 2.75) is 37.6 Å². The van der Waals surface area contributed by atoms with E-state index in [1.807, 2.05) is 11.0 Å². The Morgan fingerprint density at radius 1 is 1.40 bits per heavy atom. The van der Waals surface area contributed by atoms with E-state index in [2.05, 4.69) is 20.7 Å². The number of nitrogens with zero attached hydrogens (tertiary/aromatic N) is 3. The van der Waals surface area contributed by atoms with Crippen LogP contribution in [0.25, 0.3) is 0 Å². The van der Waals surface area contributed by atoms with Crippen molar-refractivity contribution in [3.8, 4) is 0 Å². The Morgan fingerprint density at radius 2 is 2.20 bits per heavy atom. The summed E-state index contributed by atoms with van der Waals surface area (Å²) in [4.78, 5) is 23.0. The summed E-state index contributed by atoms with van der Waals surface area (Å²) in [5.74, 6) is 8.21. The highest BCUT2D eigenvalue weighted by Gasteiger charge is 2.33. The predicted molar refractivity (Wildman–Crippen MR) is 76.3 cm³/mol. The predicted octanol–water partition coefficient (Wildman–Crippen LogP) is 0.354. The van der Waals surface area contributed by atoms with Gasteiger partial charge in [-0.1, -0.05) is 0 Å². The molecule has 4 N–H and O–H groups in total. The van der Waals surface area contributed by atoms with Gasteiger partial charge < -0.3 is 15.6 Å². The number of hydrogen-bond donors (Lipinski definition) is 3. The first-order valence-corrected chi connectivity index (χ1v) is 7.06. The van der Waals surface area contributed by atoms with Gasteiger partial charge in [-0.05, 0) is 25.7 Å². The summed E-state index contributed by atoms with van der Waals surface area (Å²) in [6.07, 6.45) is 4.11. The number of amides is 1. The molecule has 0 bridgehead atoms. The Hall–Kier alpha value is -1.89. The molecule has 7 heteroatoms. The Kier molecular flexibility index (Phi) is 3.43. The molecule has 20 heavy (non-hydrogen) atoms. The van der Waals surface area contributed by atoms with Crippen molar-refractivity contribution < 1.29 is 4.79 Å². The zero-order valence-corrected chi connectivity index (χ0v) is 11.6. The van der Waals surface area contributed by atoms with Crippen LogP contribution in [-0.2, 0) is 4.79 Å². The molecule has 2 aliphatic rings. The number of carbonyl (C=O) groups excluding carboxylic acids is 1. The number of nitrogens with two attached hydrogens (primary N) is 1. The first-order chi connectivity index (χ1) is 9.72. The number of nitrogens with one attached hydrogen (secondary N) is 2. The zero-order valence-electron chi connectivity index (χ0n) is 11.6. The minimum Gasteiger partial charge on any atom is -0.357 e. The number of hydrazine groups is 1. The molecule has 2 fully saturated rings. The lowest BCUT2D eigenvalue weighted by atomic mass is 10.2. The highest BCUT2D eigenvalue weighted by Crippen LogP contribution is 2.39. The molecule has 3 rings (SSSR count). The minimum atomic E-state index is -0.146. The first kappa shape index (κ1) is 13.1. The number of rotatable bonds is 4. The van der Waals surface area contributed by atoms with E-state index >= 15 is 0 Å². The van der Waals surface area contributed by atoms with E-state index in [0.717, 1.165) is 43.9 Å². The van der Waals surface area contributed by atoms with Crippen LogP contribution >= 0.6 is 0 Å². The maximum absolute atomic E-state index is 11.9. The van der Waals surface area contributed by atoms with Gasteiger partial charge >= 0.3 is 0 Å². The van der Waals surface area contributed by atoms with E-state index < -0.39 is 0 Å². The summed E-state index contributed by atoms with van der Waals surface area (Å²) >= 11 is 0. The number of hydrogen-bond acceptors (Lipinski definition) is 6. The van der Waals surface area contributed by atoms with Gasteiger partial charge in [0.05, 0.1) is 0 Å². The molecule has 7 nitrogen and oxygen atoms in total. The summed E-state index contributed by atoms with van der Waals surface area (Å²) in [6.45, 7) is 0.837. The van der Waals surface area contributed by atoms with Crippen molar-refractivity contribution in [3.63, 3.8) is 0 Å². The average Bonchev–Trinajstić information content (AvgIpc) is 3.22. The van der Waals surface area contributed by atoms with Crippen molar-refractivity contribution in [1.29, 1.82) is 0 Å². The summed E-state index contributed by atoms with van der Waals surface area (Å²) in [5, 5.41) is 2.72. The van der Waals surface area contributed by atoms with E-state index in [1.165, 1.54) is 0 Å². The second-order valence-corrected chi connectivity index (χ2v) is 5.35. The fraction of sp³-hybridized carbons (Fsp3) is 0.615. The normalized spacial score (nSPS) is 21.9. The molecular formula is C13H20N6O. The third-order valence-corrected chi connectivity index (χ3v) is 3.92. The van der Waals surface area contributed by atoms with Crippen molar-refractivity contribution in [1.82, 2.24) is 15.3 Å². The highest BCUT2D eigenvalue weighted by atomic mass is 16.2. The van der Waals surface area contributed by atoms with Crippen molar-refractivity contribution in [2.75, 3.05) is 23.9 Å². The van der Waals surface area contributed by atoms with Crippen LogP contribution in [-0.4, -0.2) is 35.5 Å². The van der Waals surface area contributed by atoms with E-state index in [4.69, 9.17) is 5.84 Å². The number of likely N-dealkylation sites (N-methyl/N-ethyl adjacent to an activating group) is 1. The summed E-state index contributed by atoms with van der Waals surface area (Å²) in [7, 11) is 1.67. The van der Waals surface area contributed by atoms with Crippen LogP contribution in [0.4, 0.5) is 11.6 Å². The quantitative estimate of drug-likeness (QED) is 0.542. The Labute approximate surface area is 117 Å². The van der Waals surface area contributed by atoms with Gasteiger partial charge in [0.25, 0.3) is 0 Å².